The lowest BCUT2D eigenvalue weighted by Crippen LogP contribution is -2.46. The van der Waals surface area contributed by atoms with Crippen molar-refractivity contribution in [3.63, 3.8) is 0 Å². The summed E-state index contributed by atoms with van der Waals surface area (Å²) in [4.78, 5) is 11.9. The highest BCUT2D eigenvalue weighted by molar-refractivity contribution is 8.00. The molecule has 0 unspecified atom stereocenters. The number of thioether (sulfide) groups is 1. The van der Waals surface area contributed by atoms with Crippen LogP contribution < -0.4 is 20.1 Å². The van der Waals surface area contributed by atoms with Gasteiger partial charge in [-0.05, 0) is 78.9 Å². The molecule has 1 aliphatic carbocycles. The van der Waals surface area contributed by atoms with Gasteiger partial charge in [-0.25, -0.2) is 22.1 Å². The van der Waals surface area contributed by atoms with E-state index in [1.807, 2.05) is 50.2 Å². The van der Waals surface area contributed by atoms with Gasteiger partial charge in [-0.3, -0.25) is 13.9 Å². The molecule has 0 saturated carbocycles. The lowest BCUT2D eigenvalue weighted by Gasteiger charge is -2.45. The van der Waals surface area contributed by atoms with Crippen LogP contribution in [0.4, 0.5) is 23.2 Å². The lowest BCUT2D eigenvalue weighted by molar-refractivity contribution is -0.133. The second kappa shape index (κ2) is 14.9. The Kier molecular flexibility index (Phi) is 10.7. The van der Waals surface area contributed by atoms with Crippen molar-refractivity contribution in [3.05, 3.63) is 127 Å². The monoisotopic (exact) mass is 873 g/mol. The highest BCUT2D eigenvalue weighted by Gasteiger charge is 2.41. The summed E-state index contributed by atoms with van der Waals surface area (Å²) in [6, 6.07) is 12.9. The first kappa shape index (κ1) is 42.6. The van der Waals surface area contributed by atoms with Crippen LogP contribution in [0.15, 0.2) is 64.4 Å². The van der Waals surface area contributed by atoms with Crippen LogP contribution in [0.25, 0.3) is 11.1 Å². The maximum Gasteiger partial charge on any atom is 0.313 e. The van der Waals surface area contributed by atoms with Gasteiger partial charge in [0, 0.05) is 52.4 Å². The summed E-state index contributed by atoms with van der Waals surface area (Å²) in [5, 5.41) is 10.1. The largest absolute Gasteiger partial charge is 0.481 e. The Balaban J connectivity index is 1.62. The Morgan fingerprint density at radius 2 is 1.56 bits per heavy atom. The zero-order chi connectivity index (χ0) is 43.1. The number of anilines is 1. The Labute approximate surface area is 343 Å². The van der Waals surface area contributed by atoms with Crippen LogP contribution in [0.1, 0.15) is 80.0 Å². The first-order valence-corrected chi connectivity index (χ1v) is 22.7. The maximum atomic E-state index is 16.7. The molecule has 0 spiro atoms. The molecule has 0 radical (unpaired) electrons. The SMILES string of the molecule is CCN1c2cc3c(cc2C(CS(=O)(=O)O)=CC1(C)C)C(c1c(F)c(F)c(SCC(=O)O)c(F)c1F)=c1cc2c(cc1C3(C)C)=[N+](Cc1ccccc1S(=O)(=O)O)CCC2. The van der Waals surface area contributed by atoms with Crippen LogP contribution >= 0.6 is 11.8 Å². The number of aryl methyl sites for hydroxylation is 1. The molecule has 0 aromatic heterocycles. The van der Waals surface area contributed by atoms with Crippen LogP contribution in [-0.4, -0.2) is 67.2 Å². The van der Waals surface area contributed by atoms with E-state index in [9.17, 15) is 30.7 Å². The number of fused-ring (bicyclic) bond motifs is 4. The Bertz CT molecular complexity index is 2870. The van der Waals surface area contributed by atoms with E-state index < -0.39 is 82.4 Å². The highest BCUT2D eigenvalue weighted by atomic mass is 32.2. The van der Waals surface area contributed by atoms with Gasteiger partial charge < -0.3 is 10.0 Å². The zero-order valence-corrected chi connectivity index (χ0v) is 35.1. The van der Waals surface area contributed by atoms with E-state index >= 15 is 17.6 Å². The number of carbonyl (C=O) groups is 1. The summed E-state index contributed by atoms with van der Waals surface area (Å²) < 4.78 is 137. The van der Waals surface area contributed by atoms with Crippen molar-refractivity contribution in [3.8, 4) is 0 Å². The van der Waals surface area contributed by atoms with Gasteiger partial charge in [-0.1, -0.05) is 38.1 Å². The van der Waals surface area contributed by atoms with E-state index in [4.69, 9.17) is 5.11 Å². The zero-order valence-electron chi connectivity index (χ0n) is 32.7. The maximum absolute atomic E-state index is 16.7. The molecule has 3 N–H and O–H groups in total. The summed E-state index contributed by atoms with van der Waals surface area (Å²) in [6.07, 6.45) is 2.71. The highest BCUT2D eigenvalue weighted by Crippen LogP contribution is 2.49. The molecule has 0 atom stereocenters. The predicted octanol–water partition coefficient (Wildman–Crippen LogP) is 6.08. The molecular weight excluding hydrogens is 833 g/mol. The predicted molar refractivity (Wildman–Crippen MR) is 216 cm³/mol. The Morgan fingerprint density at radius 3 is 2.17 bits per heavy atom. The van der Waals surface area contributed by atoms with Crippen molar-refractivity contribution in [1.29, 1.82) is 0 Å². The number of hydrogen-bond acceptors (Lipinski definition) is 7. The number of carboxylic acids is 1. The van der Waals surface area contributed by atoms with Gasteiger partial charge >= 0.3 is 5.97 Å². The lowest BCUT2D eigenvalue weighted by atomic mass is 9.67. The van der Waals surface area contributed by atoms with Crippen molar-refractivity contribution >= 4 is 54.8 Å². The molecule has 3 aliphatic rings. The number of likely N-dealkylation sites (N-methyl/N-ethyl adjacent to an activating group) is 1. The molecule has 0 saturated heterocycles. The van der Waals surface area contributed by atoms with Crippen LogP contribution in [0.3, 0.4) is 0 Å². The fourth-order valence-corrected chi connectivity index (χ4v) is 11.0. The number of nitrogens with zero attached hydrogens (tertiary/aromatic N) is 2. The first-order valence-electron chi connectivity index (χ1n) is 18.7. The van der Waals surface area contributed by atoms with Gasteiger partial charge in [0.1, 0.15) is 17.2 Å². The minimum atomic E-state index is -4.60. The normalized spacial score (nSPS) is 16.9. The van der Waals surface area contributed by atoms with Crippen LogP contribution in [0.5, 0.6) is 0 Å². The number of halogens is 4. The fourth-order valence-electron chi connectivity index (χ4n) is 8.92. The minimum Gasteiger partial charge on any atom is -0.481 e. The Hall–Kier alpha value is -4.55. The van der Waals surface area contributed by atoms with Gasteiger partial charge in [-0.15, -0.1) is 11.8 Å². The molecule has 0 fully saturated rings. The molecule has 2 heterocycles. The second-order valence-corrected chi connectivity index (χ2v) is 19.8. The molecule has 17 heteroatoms. The second-order valence-electron chi connectivity index (χ2n) is 16.0. The summed E-state index contributed by atoms with van der Waals surface area (Å²) in [5.41, 5.74) is 0.146. The van der Waals surface area contributed by atoms with E-state index in [1.54, 1.807) is 36.4 Å². The average molecular weight is 874 g/mol. The van der Waals surface area contributed by atoms with Crippen molar-refractivity contribution < 1.29 is 53.4 Å². The molecule has 2 aliphatic heterocycles. The summed E-state index contributed by atoms with van der Waals surface area (Å²) in [6.45, 7) is 10.4. The van der Waals surface area contributed by atoms with Gasteiger partial charge in [0.25, 0.3) is 20.2 Å². The smallest absolute Gasteiger partial charge is 0.313 e. The van der Waals surface area contributed by atoms with E-state index in [2.05, 4.69) is 0 Å². The molecule has 7 rings (SSSR count). The quantitative estimate of drug-likeness (QED) is 0.0563. The third-order valence-electron chi connectivity index (χ3n) is 11.4. The summed E-state index contributed by atoms with van der Waals surface area (Å²) >= 11 is 0.0938. The van der Waals surface area contributed by atoms with E-state index in [1.165, 1.54) is 12.1 Å². The number of carboxylic acid groups (broad SMARTS) is 1. The Morgan fingerprint density at radius 1 is 0.898 bits per heavy atom. The summed E-state index contributed by atoms with van der Waals surface area (Å²) in [5.74, 6) is -10.2. The van der Waals surface area contributed by atoms with Crippen LogP contribution in [0.2, 0.25) is 0 Å². The molecular formula is C42H41F4N2O8S3+. The van der Waals surface area contributed by atoms with Crippen molar-refractivity contribution in [2.24, 2.45) is 0 Å². The molecule has 0 amide bonds. The van der Waals surface area contributed by atoms with Gasteiger partial charge in [0.15, 0.2) is 29.8 Å². The minimum absolute atomic E-state index is 0.0708. The van der Waals surface area contributed by atoms with E-state index in [0.717, 1.165) is 0 Å². The molecule has 59 heavy (non-hydrogen) atoms. The third kappa shape index (κ3) is 7.49. The molecule has 10 nitrogen and oxygen atoms in total. The molecule has 0 bridgehead atoms. The average Bonchev–Trinajstić information content (AvgIpc) is 3.13. The fraction of sp³-hybridized carbons (Fsp3) is 0.333. The van der Waals surface area contributed by atoms with Crippen molar-refractivity contribution in [1.82, 2.24) is 4.58 Å². The third-order valence-corrected chi connectivity index (χ3v) is 14.1. The van der Waals surface area contributed by atoms with Crippen molar-refractivity contribution in [2.45, 2.75) is 74.7 Å². The van der Waals surface area contributed by atoms with Gasteiger partial charge in [-0.2, -0.15) is 16.8 Å². The van der Waals surface area contributed by atoms with E-state index in [-0.39, 0.29) is 45.1 Å². The summed E-state index contributed by atoms with van der Waals surface area (Å²) in [7, 11) is -9.18. The van der Waals surface area contributed by atoms with E-state index in [0.29, 0.717) is 64.8 Å². The number of aliphatic carboxylic acids is 1. The van der Waals surface area contributed by atoms with Gasteiger partial charge in [0.2, 0.25) is 5.36 Å². The molecule has 312 valence electrons. The van der Waals surface area contributed by atoms with Crippen molar-refractivity contribution in [2.75, 3.05) is 29.5 Å². The topological polar surface area (TPSA) is 152 Å². The molecule has 4 aromatic rings. The standard InChI is InChI=1S/C42H40F4N2O8S3/c1-6-48-31-17-29-27(15-25(31)24(18-41(48,2)3)21-58(51,52)53)34(35-36(43)38(45)40(39(46)37(35)44)57-20-33(49)50)26-14-22-11-9-13-47(30(22)16-28(26)42(29,4)5)19-23-10-7-8-12-32(23)59(54,55)56/h7-8,10,12,14-18H,6,9,11,13,19-21H2,1-5H3,(H2-,49,50,51,52,53,54,55,56)/p+1. The number of hydrogen-bond donors (Lipinski definition) is 3. The number of benzene rings is 4. The van der Waals surface area contributed by atoms with Crippen LogP contribution in [-0.2, 0) is 43.4 Å². The molecule has 4 aromatic carbocycles. The van der Waals surface area contributed by atoms with Gasteiger partial charge in [0.05, 0.1) is 21.8 Å². The van der Waals surface area contributed by atoms with Crippen LogP contribution in [0, 0.1) is 23.3 Å². The first-order chi connectivity index (χ1) is 27.5. The number of rotatable bonds is 10.